The highest BCUT2D eigenvalue weighted by atomic mass is 35.5. The Morgan fingerprint density at radius 3 is 2.20 bits per heavy atom. The van der Waals surface area contributed by atoms with Crippen molar-refractivity contribution >= 4 is 34.1 Å². The maximum absolute atomic E-state index is 12.2. The molecule has 1 unspecified atom stereocenters. The van der Waals surface area contributed by atoms with Crippen LogP contribution in [0.25, 0.3) is 4.91 Å². The zero-order valence-corrected chi connectivity index (χ0v) is 12.3. The standard InChI is InChI=1S/C17H13ClOS/c18-16-14(19)11-15(12-7-3-1-4-8-12)20-17(16)13-9-5-2-6-10-13/h1-10,15H,11H2. The second-order valence-electron chi connectivity index (χ2n) is 4.65. The first-order valence-corrected chi connectivity index (χ1v) is 7.71. The average Bonchev–Trinajstić information content (AvgIpc) is 2.51. The van der Waals surface area contributed by atoms with Crippen molar-refractivity contribution in [2.45, 2.75) is 11.7 Å². The van der Waals surface area contributed by atoms with Gasteiger partial charge in [0.1, 0.15) is 0 Å². The molecule has 100 valence electrons. The van der Waals surface area contributed by atoms with Crippen LogP contribution in [0.1, 0.15) is 22.8 Å². The van der Waals surface area contributed by atoms with Crippen LogP contribution in [0.3, 0.4) is 0 Å². The summed E-state index contributed by atoms with van der Waals surface area (Å²) < 4.78 is 0. The number of benzene rings is 2. The highest BCUT2D eigenvalue weighted by Gasteiger charge is 2.28. The van der Waals surface area contributed by atoms with Gasteiger partial charge in [-0.3, -0.25) is 4.79 Å². The number of ketones is 1. The fraction of sp³-hybridized carbons (Fsp3) is 0.118. The maximum atomic E-state index is 12.2. The number of Topliss-reactive ketones (excluding diaryl/α,β-unsaturated/α-hetero) is 1. The summed E-state index contributed by atoms with van der Waals surface area (Å²) in [6, 6.07) is 20.0. The molecule has 0 aromatic heterocycles. The van der Waals surface area contributed by atoms with Crippen LogP contribution in [0.2, 0.25) is 0 Å². The summed E-state index contributed by atoms with van der Waals surface area (Å²) in [6.45, 7) is 0. The minimum Gasteiger partial charge on any atom is -0.293 e. The zero-order valence-electron chi connectivity index (χ0n) is 10.8. The largest absolute Gasteiger partial charge is 0.293 e. The predicted molar refractivity (Wildman–Crippen MR) is 85.6 cm³/mol. The van der Waals surface area contributed by atoms with E-state index in [4.69, 9.17) is 11.6 Å². The molecule has 2 aromatic carbocycles. The molecule has 0 radical (unpaired) electrons. The van der Waals surface area contributed by atoms with Crippen molar-refractivity contribution in [1.29, 1.82) is 0 Å². The number of allylic oxidation sites excluding steroid dienone is 1. The second-order valence-corrected chi connectivity index (χ2v) is 6.24. The van der Waals surface area contributed by atoms with Gasteiger partial charge in [-0.25, -0.2) is 0 Å². The molecule has 0 saturated heterocycles. The number of rotatable bonds is 2. The topological polar surface area (TPSA) is 17.1 Å². The van der Waals surface area contributed by atoms with Gasteiger partial charge in [0, 0.05) is 16.6 Å². The normalized spacial score (nSPS) is 19.2. The molecule has 1 aliphatic heterocycles. The molecular weight excluding hydrogens is 288 g/mol. The Hall–Kier alpha value is -1.51. The van der Waals surface area contributed by atoms with Crippen LogP contribution in [0.15, 0.2) is 65.7 Å². The van der Waals surface area contributed by atoms with Crippen LogP contribution in [-0.4, -0.2) is 5.78 Å². The molecule has 3 rings (SSSR count). The van der Waals surface area contributed by atoms with Crippen molar-refractivity contribution in [2.24, 2.45) is 0 Å². The molecule has 0 fully saturated rings. The van der Waals surface area contributed by atoms with Gasteiger partial charge in [0.05, 0.1) is 5.03 Å². The highest BCUT2D eigenvalue weighted by Crippen LogP contribution is 2.48. The molecule has 1 atom stereocenters. The summed E-state index contributed by atoms with van der Waals surface area (Å²) in [6.07, 6.45) is 0.462. The monoisotopic (exact) mass is 300 g/mol. The fourth-order valence-electron chi connectivity index (χ4n) is 2.26. The molecule has 0 aliphatic carbocycles. The second kappa shape index (κ2) is 5.86. The van der Waals surface area contributed by atoms with Gasteiger partial charge in [0.25, 0.3) is 0 Å². The van der Waals surface area contributed by atoms with Crippen LogP contribution >= 0.6 is 23.4 Å². The summed E-state index contributed by atoms with van der Waals surface area (Å²) in [5.41, 5.74) is 2.18. The van der Waals surface area contributed by atoms with Crippen LogP contribution in [0, 0.1) is 0 Å². The molecule has 0 amide bonds. The van der Waals surface area contributed by atoms with E-state index in [0.717, 1.165) is 10.5 Å². The fourth-order valence-corrected chi connectivity index (χ4v) is 3.88. The van der Waals surface area contributed by atoms with Crippen LogP contribution in [0.4, 0.5) is 0 Å². The van der Waals surface area contributed by atoms with Gasteiger partial charge < -0.3 is 0 Å². The minimum atomic E-state index is 0.0260. The van der Waals surface area contributed by atoms with Gasteiger partial charge in [-0.2, -0.15) is 0 Å². The Bertz CT molecular complexity index is 649. The Morgan fingerprint density at radius 1 is 0.950 bits per heavy atom. The minimum absolute atomic E-state index is 0.0260. The third kappa shape index (κ3) is 2.67. The van der Waals surface area contributed by atoms with E-state index in [9.17, 15) is 4.79 Å². The van der Waals surface area contributed by atoms with E-state index in [2.05, 4.69) is 12.1 Å². The van der Waals surface area contributed by atoms with Crippen molar-refractivity contribution in [3.63, 3.8) is 0 Å². The molecule has 0 bridgehead atoms. The first kappa shape index (κ1) is 13.5. The lowest BCUT2D eigenvalue weighted by atomic mass is 10.1. The predicted octanol–water partition coefficient (Wildman–Crippen LogP) is 5.04. The van der Waals surface area contributed by atoms with Gasteiger partial charge in [-0.15, -0.1) is 11.8 Å². The lowest BCUT2D eigenvalue weighted by Gasteiger charge is -2.24. The summed E-state index contributed by atoms with van der Waals surface area (Å²) in [4.78, 5) is 13.0. The van der Waals surface area contributed by atoms with Crippen LogP contribution in [-0.2, 0) is 4.79 Å². The zero-order chi connectivity index (χ0) is 13.9. The van der Waals surface area contributed by atoms with Gasteiger partial charge in [-0.05, 0) is 11.1 Å². The molecule has 20 heavy (non-hydrogen) atoms. The van der Waals surface area contributed by atoms with E-state index in [-0.39, 0.29) is 11.0 Å². The summed E-state index contributed by atoms with van der Waals surface area (Å²) in [5, 5.41) is 0.509. The maximum Gasteiger partial charge on any atom is 0.176 e. The summed E-state index contributed by atoms with van der Waals surface area (Å²) in [7, 11) is 0. The lowest BCUT2D eigenvalue weighted by Crippen LogP contribution is -2.11. The van der Waals surface area contributed by atoms with E-state index in [1.165, 1.54) is 5.56 Å². The molecule has 0 spiro atoms. The molecular formula is C17H13ClOS. The van der Waals surface area contributed by atoms with Gasteiger partial charge >= 0.3 is 0 Å². The third-order valence-electron chi connectivity index (χ3n) is 3.28. The molecule has 1 heterocycles. The highest BCUT2D eigenvalue weighted by molar-refractivity contribution is 8.08. The SMILES string of the molecule is O=C1CC(c2ccccc2)SC(c2ccccc2)=C1Cl. The summed E-state index contributed by atoms with van der Waals surface area (Å²) >= 11 is 7.91. The quantitative estimate of drug-likeness (QED) is 0.773. The molecule has 1 aliphatic rings. The van der Waals surface area contributed by atoms with Crippen molar-refractivity contribution < 1.29 is 4.79 Å². The van der Waals surface area contributed by atoms with E-state index in [1.54, 1.807) is 11.8 Å². The van der Waals surface area contributed by atoms with Gasteiger partial charge in [0.15, 0.2) is 5.78 Å². The summed E-state index contributed by atoms with van der Waals surface area (Å²) in [5.74, 6) is 0.0260. The number of carbonyl (C=O) groups is 1. The Kier molecular flexibility index (Phi) is 3.95. The van der Waals surface area contributed by atoms with Gasteiger partial charge in [0.2, 0.25) is 0 Å². The van der Waals surface area contributed by atoms with E-state index >= 15 is 0 Å². The van der Waals surface area contributed by atoms with Crippen LogP contribution < -0.4 is 0 Å². The van der Waals surface area contributed by atoms with Crippen molar-refractivity contribution in [1.82, 2.24) is 0 Å². The molecule has 1 nitrogen and oxygen atoms in total. The van der Waals surface area contributed by atoms with E-state index in [0.29, 0.717) is 11.5 Å². The van der Waals surface area contributed by atoms with E-state index in [1.807, 2.05) is 48.5 Å². The number of thioether (sulfide) groups is 1. The average molecular weight is 301 g/mol. The van der Waals surface area contributed by atoms with Crippen molar-refractivity contribution in [3.8, 4) is 0 Å². The Labute approximate surface area is 127 Å². The first-order valence-electron chi connectivity index (χ1n) is 6.45. The first-order chi connectivity index (χ1) is 9.75. The van der Waals surface area contributed by atoms with Crippen molar-refractivity contribution in [3.05, 3.63) is 76.8 Å². The lowest BCUT2D eigenvalue weighted by molar-refractivity contribution is -0.115. The smallest absolute Gasteiger partial charge is 0.176 e. The van der Waals surface area contributed by atoms with E-state index < -0.39 is 0 Å². The molecule has 0 saturated carbocycles. The van der Waals surface area contributed by atoms with Crippen LogP contribution in [0.5, 0.6) is 0 Å². The molecule has 0 N–H and O–H groups in total. The Balaban J connectivity index is 1.98. The number of hydrogen-bond acceptors (Lipinski definition) is 2. The molecule has 2 aromatic rings. The Morgan fingerprint density at radius 2 is 1.55 bits per heavy atom. The number of hydrogen-bond donors (Lipinski definition) is 0. The number of halogens is 1. The third-order valence-corrected chi connectivity index (χ3v) is 5.19. The molecule has 3 heteroatoms. The number of carbonyl (C=O) groups excluding carboxylic acids is 1. The van der Waals surface area contributed by atoms with Gasteiger partial charge in [-0.1, -0.05) is 72.3 Å². The van der Waals surface area contributed by atoms with Crippen molar-refractivity contribution in [2.75, 3.05) is 0 Å².